The maximum Gasteiger partial charge on any atom is 0.231 e. The van der Waals surface area contributed by atoms with Crippen molar-refractivity contribution in [3.05, 3.63) is 0 Å². The van der Waals surface area contributed by atoms with Crippen LogP contribution in [0.3, 0.4) is 0 Å². The lowest BCUT2D eigenvalue weighted by molar-refractivity contribution is -0.119. The van der Waals surface area contributed by atoms with Gasteiger partial charge in [-0.05, 0) is 0 Å². The number of carbonyl (C=O) groups is 1. The van der Waals surface area contributed by atoms with Crippen LogP contribution in [0, 0.1) is 0 Å². The van der Waals surface area contributed by atoms with Gasteiger partial charge in [0.2, 0.25) is 5.91 Å². The molecule has 1 unspecified atom stereocenters. The Bertz CT molecular complexity index is 151. The van der Waals surface area contributed by atoms with Crippen molar-refractivity contribution >= 4 is 17.7 Å². The molecular weight excluding hydrogens is 160 g/mol. The minimum atomic E-state index is -0.218. The van der Waals surface area contributed by atoms with E-state index >= 15 is 0 Å². The van der Waals surface area contributed by atoms with Crippen LogP contribution in [0.5, 0.6) is 0 Å². The molecule has 2 N–H and O–H groups in total. The summed E-state index contributed by atoms with van der Waals surface area (Å²) in [4.78, 5) is 12.7. The van der Waals surface area contributed by atoms with E-state index in [4.69, 9.17) is 5.73 Å². The van der Waals surface area contributed by atoms with Gasteiger partial charge in [0.15, 0.2) is 0 Å². The maximum absolute atomic E-state index is 10.5. The Morgan fingerprint density at radius 2 is 2.55 bits per heavy atom. The van der Waals surface area contributed by atoms with Gasteiger partial charge < -0.3 is 5.73 Å². The number of carbonyl (C=O) groups excluding carboxylic acids is 1. The van der Waals surface area contributed by atoms with Gasteiger partial charge in [0.05, 0.1) is 6.54 Å². The van der Waals surface area contributed by atoms with Crippen LogP contribution in [0.4, 0.5) is 0 Å². The molecule has 0 saturated carbocycles. The highest BCUT2D eigenvalue weighted by molar-refractivity contribution is 7.99. The van der Waals surface area contributed by atoms with Gasteiger partial charge in [0.1, 0.15) is 0 Å². The molecule has 1 saturated heterocycles. The molecule has 0 bridgehead atoms. The summed E-state index contributed by atoms with van der Waals surface area (Å²) < 4.78 is 0. The molecule has 0 aromatic rings. The number of amides is 1. The lowest BCUT2D eigenvalue weighted by atomic mass is 10.4. The van der Waals surface area contributed by atoms with Gasteiger partial charge in [-0.2, -0.15) is 11.8 Å². The predicted octanol–water partition coefficient (Wildman–Crippen LogP) is -0.0910. The normalized spacial score (nSPS) is 26.8. The molecule has 1 heterocycles. The molecule has 3 nitrogen and oxygen atoms in total. The topological polar surface area (TPSA) is 46.3 Å². The fourth-order valence-corrected chi connectivity index (χ4v) is 2.34. The van der Waals surface area contributed by atoms with E-state index in [1.54, 1.807) is 0 Å². The van der Waals surface area contributed by atoms with E-state index in [-0.39, 0.29) is 5.91 Å². The van der Waals surface area contributed by atoms with Gasteiger partial charge in [-0.3, -0.25) is 9.69 Å². The standard InChI is InChI=1S/C7H14N2OS/c1-6-4-9(2-3-11-6)5-7(8)10/h6H,2-5H2,1H3,(H2,8,10). The minimum absolute atomic E-state index is 0.218. The van der Waals surface area contributed by atoms with Crippen molar-refractivity contribution in [2.75, 3.05) is 25.4 Å². The van der Waals surface area contributed by atoms with Crippen molar-refractivity contribution in [3.8, 4) is 0 Å². The second-order valence-electron chi connectivity index (χ2n) is 2.88. The zero-order chi connectivity index (χ0) is 8.27. The second kappa shape index (κ2) is 3.97. The summed E-state index contributed by atoms with van der Waals surface area (Å²) in [5, 5.41) is 0.642. The van der Waals surface area contributed by atoms with Crippen molar-refractivity contribution in [2.24, 2.45) is 5.73 Å². The SMILES string of the molecule is CC1CN(CC(N)=O)CCS1. The Morgan fingerprint density at radius 3 is 3.09 bits per heavy atom. The van der Waals surface area contributed by atoms with E-state index in [2.05, 4.69) is 11.8 Å². The number of rotatable bonds is 2. The number of thioether (sulfide) groups is 1. The maximum atomic E-state index is 10.5. The molecule has 1 aliphatic rings. The first-order chi connectivity index (χ1) is 5.18. The molecular formula is C7H14N2OS. The van der Waals surface area contributed by atoms with E-state index in [9.17, 15) is 4.79 Å². The zero-order valence-electron chi connectivity index (χ0n) is 6.75. The van der Waals surface area contributed by atoms with Crippen molar-refractivity contribution < 1.29 is 4.79 Å². The van der Waals surface area contributed by atoms with Crippen molar-refractivity contribution in [1.29, 1.82) is 0 Å². The predicted molar refractivity (Wildman–Crippen MR) is 47.6 cm³/mol. The fourth-order valence-electron chi connectivity index (χ4n) is 1.25. The minimum Gasteiger partial charge on any atom is -0.369 e. The van der Waals surface area contributed by atoms with E-state index in [0.29, 0.717) is 11.8 Å². The molecule has 4 heteroatoms. The summed E-state index contributed by atoms with van der Waals surface area (Å²) in [5.41, 5.74) is 5.08. The van der Waals surface area contributed by atoms with Crippen molar-refractivity contribution in [3.63, 3.8) is 0 Å². The summed E-state index contributed by atoms with van der Waals surface area (Å²) in [6.45, 7) is 4.59. The van der Waals surface area contributed by atoms with Crippen LogP contribution in [-0.4, -0.2) is 41.4 Å². The molecule has 1 rings (SSSR count). The Labute approximate surface area is 71.3 Å². The number of hydrogen-bond donors (Lipinski definition) is 1. The summed E-state index contributed by atoms with van der Waals surface area (Å²) in [7, 11) is 0. The van der Waals surface area contributed by atoms with Gasteiger partial charge >= 0.3 is 0 Å². The highest BCUT2D eigenvalue weighted by Crippen LogP contribution is 2.16. The second-order valence-corrected chi connectivity index (χ2v) is 4.43. The number of primary amides is 1. The zero-order valence-corrected chi connectivity index (χ0v) is 7.56. The quantitative estimate of drug-likeness (QED) is 0.636. The van der Waals surface area contributed by atoms with Crippen LogP contribution in [0.15, 0.2) is 0 Å². The molecule has 11 heavy (non-hydrogen) atoms. The Morgan fingerprint density at radius 1 is 1.82 bits per heavy atom. The first kappa shape index (κ1) is 8.87. The summed E-state index contributed by atoms with van der Waals surface area (Å²) in [6, 6.07) is 0. The molecule has 0 spiro atoms. The van der Waals surface area contributed by atoms with Crippen LogP contribution in [-0.2, 0) is 4.79 Å². The van der Waals surface area contributed by atoms with Crippen LogP contribution >= 0.6 is 11.8 Å². The largest absolute Gasteiger partial charge is 0.369 e. The molecule has 1 amide bonds. The van der Waals surface area contributed by atoms with Crippen molar-refractivity contribution in [2.45, 2.75) is 12.2 Å². The lowest BCUT2D eigenvalue weighted by Gasteiger charge is -2.29. The average Bonchev–Trinajstić information content (AvgIpc) is 1.85. The third-order valence-electron chi connectivity index (χ3n) is 1.70. The van der Waals surface area contributed by atoms with Crippen LogP contribution in [0.1, 0.15) is 6.92 Å². The van der Waals surface area contributed by atoms with E-state index in [1.165, 1.54) is 0 Å². The number of nitrogens with zero attached hydrogens (tertiary/aromatic N) is 1. The van der Waals surface area contributed by atoms with Gasteiger partial charge in [-0.1, -0.05) is 6.92 Å². The molecule has 0 radical (unpaired) electrons. The van der Waals surface area contributed by atoms with E-state index < -0.39 is 0 Å². The number of nitrogens with two attached hydrogens (primary N) is 1. The van der Waals surface area contributed by atoms with Gasteiger partial charge in [0, 0.05) is 24.1 Å². The van der Waals surface area contributed by atoms with E-state index in [1.807, 2.05) is 11.8 Å². The molecule has 0 aliphatic carbocycles. The monoisotopic (exact) mass is 174 g/mol. The number of hydrogen-bond acceptors (Lipinski definition) is 3. The molecule has 1 atom stereocenters. The molecule has 1 aliphatic heterocycles. The summed E-state index contributed by atoms with van der Waals surface area (Å²) in [6.07, 6.45) is 0. The smallest absolute Gasteiger partial charge is 0.231 e. The third kappa shape index (κ3) is 3.12. The molecule has 0 aromatic heterocycles. The van der Waals surface area contributed by atoms with Crippen LogP contribution < -0.4 is 5.73 Å². The molecule has 0 aromatic carbocycles. The first-order valence-electron chi connectivity index (χ1n) is 3.81. The highest BCUT2D eigenvalue weighted by Gasteiger charge is 2.17. The molecule has 1 fully saturated rings. The fraction of sp³-hybridized carbons (Fsp3) is 0.857. The van der Waals surface area contributed by atoms with Crippen molar-refractivity contribution in [1.82, 2.24) is 4.90 Å². The third-order valence-corrected chi connectivity index (χ3v) is 2.84. The highest BCUT2D eigenvalue weighted by atomic mass is 32.2. The van der Waals surface area contributed by atoms with Gasteiger partial charge in [-0.15, -0.1) is 0 Å². The first-order valence-corrected chi connectivity index (χ1v) is 4.85. The molecule has 64 valence electrons. The summed E-state index contributed by atoms with van der Waals surface area (Å²) in [5.74, 6) is 0.901. The summed E-state index contributed by atoms with van der Waals surface area (Å²) >= 11 is 1.96. The van der Waals surface area contributed by atoms with Crippen LogP contribution in [0.2, 0.25) is 0 Å². The Hall–Kier alpha value is -0.220. The van der Waals surface area contributed by atoms with Gasteiger partial charge in [-0.25, -0.2) is 0 Å². The average molecular weight is 174 g/mol. The van der Waals surface area contributed by atoms with Crippen LogP contribution in [0.25, 0.3) is 0 Å². The Kier molecular flexibility index (Phi) is 3.20. The Balaban J connectivity index is 2.28. The lowest BCUT2D eigenvalue weighted by Crippen LogP contribution is -2.41. The van der Waals surface area contributed by atoms with E-state index in [0.717, 1.165) is 18.8 Å². The van der Waals surface area contributed by atoms with Gasteiger partial charge in [0.25, 0.3) is 0 Å².